The number of nitrogens with one attached hydrogen (secondary N) is 1. The number of ether oxygens (including phenoxy) is 2. The van der Waals surface area contributed by atoms with Crippen molar-refractivity contribution in [3.05, 3.63) is 23.8 Å². The summed E-state index contributed by atoms with van der Waals surface area (Å²) < 4.78 is 10.6. The molecule has 6 nitrogen and oxygen atoms in total. The molecule has 0 saturated carbocycles. The van der Waals surface area contributed by atoms with Gasteiger partial charge in [-0.25, -0.2) is 4.79 Å². The Kier molecular flexibility index (Phi) is 4.11. The van der Waals surface area contributed by atoms with Crippen LogP contribution in [0.25, 0.3) is 0 Å². The van der Waals surface area contributed by atoms with Crippen LogP contribution in [0.5, 0.6) is 11.5 Å². The number of carboxylic acid groups (broad SMARTS) is 1. The molecule has 104 valence electrons. The van der Waals surface area contributed by atoms with Gasteiger partial charge in [-0.15, -0.1) is 6.42 Å². The van der Waals surface area contributed by atoms with Gasteiger partial charge in [0, 0.05) is 12.5 Å². The normalized spacial score (nSPS) is 15.7. The number of carbonyl (C=O) groups is 2. The van der Waals surface area contributed by atoms with E-state index in [1.165, 1.54) is 0 Å². The van der Waals surface area contributed by atoms with Gasteiger partial charge in [-0.1, -0.05) is 12.0 Å². The fraction of sp³-hybridized carbons (Fsp3) is 0.286. The SMILES string of the molecule is C#CCNC(=O)COc1ccc2c(c1)OC(C(=O)O)C2. The maximum absolute atomic E-state index is 11.3. The van der Waals surface area contributed by atoms with Gasteiger partial charge in [0.2, 0.25) is 0 Å². The molecule has 1 aromatic carbocycles. The molecule has 0 radical (unpaired) electrons. The summed E-state index contributed by atoms with van der Waals surface area (Å²) in [5.41, 5.74) is 0.807. The Labute approximate surface area is 115 Å². The van der Waals surface area contributed by atoms with Crippen LogP contribution < -0.4 is 14.8 Å². The standard InChI is InChI=1S/C14H13NO5/c1-2-5-15-13(16)8-19-10-4-3-9-6-12(14(17)18)20-11(9)7-10/h1,3-4,7,12H,5-6,8H2,(H,15,16)(H,17,18). The van der Waals surface area contributed by atoms with Gasteiger partial charge < -0.3 is 19.9 Å². The fourth-order valence-corrected chi connectivity index (χ4v) is 1.78. The first kappa shape index (κ1) is 13.7. The van der Waals surface area contributed by atoms with Crippen LogP contribution >= 0.6 is 0 Å². The monoisotopic (exact) mass is 275 g/mol. The van der Waals surface area contributed by atoms with Gasteiger partial charge in [0.1, 0.15) is 11.5 Å². The zero-order chi connectivity index (χ0) is 14.5. The van der Waals surface area contributed by atoms with Gasteiger partial charge in [0.15, 0.2) is 12.7 Å². The first-order valence-corrected chi connectivity index (χ1v) is 5.95. The van der Waals surface area contributed by atoms with Crippen LogP contribution in [0.1, 0.15) is 5.56 Å². The molecule has 0 aromatic heterocycles. The molecule has 2 N–H and O–H groups in total. The van der Waals surface area contributed by atoms with Crippen molar-refractivity contribution in [1.29, 1.82) is 0 Å². The van der Waals surface area contributed by atoms with Gasteiger partial charge >= 0.3 is 5.97 Å². The number of terminal acetylenes is 1. The molecular weight excluding hydrogens is 262 g/mol. The quantitative estimate of drug-likeness (QED) is 0.750. The van der Waals surface area contributed by atoms with Crippen molar-refractivity contribution in [2.75, 3.05) is 13.2 Å². The highest BCUT2D eigenvalue weighted by atomic mass is 16.5. The third kappa shape index (κ3) is 3.20. The van der Waals surface area contributed by atoms with Crippen molar-refractivity contribution in [2.45, 2.75) is 12.5 Å². The summed E-state index contributed by atoms with van der Waals surface area (Å²) in [6.07, 6.45) is 4.48. The molecule has 6 heteroatoms. The zero-order valence-corrected chi connectivity index (χ0v) is 10.6. The van der Waals surface area contributed by atoms with E-state index in [2.05, 4.69) is 11.2 Å². The van der Waals surface area contributed by atoms with E-state index in [1.807, 2.05) is 0 Å². The molecule has 1 unspecified atom stereocenters. The van der Waals surface area contributed by atoms with Crippen LogP contribution in [-0.2, 0) is 16.0 Å². The lowest BCUT2D eigenvalue weighted by Crippen LogP contribution is -2.29. The number of fused-ring (bicyclic) bond motifs is 1. The van der Waals surface area contributed by atoms with E-state index in [9.17, 15) is 9.59 Å². The fourth-order valence-electron chi connectivity index (χ4n) is 1.78. The maximum Gasteiger partial charge on any atom is 0.345 e. The largest absolute Gasteiger partial charge is 0.484 e. The smallest absolute Gasteiger partial charge is 0.345 e. The van der Waals surface area contributed by atoms with Crippen LogP contribution in [0, 0.1) is 12.3 Å². The summed E-state index contributed by atoms with van der Waals surface area (Å²) in [4.78, 5) is 22.2. The highest BCUT2D eigenvalue weighted by Crippen LogP contribution is 2.32. The molecular formula is C14H13NO5. The molecule has 1 atom stereocenters. The van der Waals surface area contributed by atoms with Gasteiger partial charge in [0.25, 0.3) is 5.91 Å². The van der Waals surface area contributed by atoms with Crippen molar-refractivity contribution >= 4 is 11.9 Å². The van der Waals surface area contributed by atoms with Gasteiger partial charge in [-0.3, -0.25) is 4.79 Å². The number of hydrogen-bond donors (Lipinski definition) is 2. The van der Waals surface area contributed by atoms with E-state index >= 15 is 0 Å². The lowest BCUT2D eigenvalue weighted by molar-refractivity contribution is -0.144. The maximum atomic E-state index is 11.3. The minimum atomic E-state index is -1.00. The Hall–Kier alpha value is -2.68. The molecule has 1 aliphatic heterocycles. The molecule has 20 heavy (non-hydrogen) atoms. The second-order valence-electron chi connectivity index (χ2n) is 4.19. The Morgan fingerprint density at radius 2 is 2.35 bits per heavy atom. The molecule has 1 heterocycles. The second-order valence-corrected chi connectivity index (χ2v) is 4.19. The molecule has 0 saturated heterocycles. The van der Waals surface area contributed by atoms with E-state index in [0.717, 1.165) is 5.56 Å². The summed E-state index contributed by atoms with van der Waals surface area (Å²) in [7, 11) is 0. The summed E-state index contributed by atoms with van der Waals surface area (Å²) >= 11 is 0. The predicted molar refractivity (Wildman–Crippen MR) is 69.5 cm³/mol. The molecule has 0 aliphatic carbocycles. The molecule has 2 rings (SSSR count). The van der Waals surface area contributed by atoms with Crippen LogP contribution in [0.4, 0.5) is 0 Å². The lowest BCUT2D eigenvalue weighted by Gasteiger charge is -2.08. The van der Waals surface area contributed by atoms with Crippen LogP contribution in [0.3, 0.4) is 0 Å². The average molecular weight is 275 g/mol. The van der Waals surface area contributed by atoms with Crippen molar-refractivity contribution in [3.63, 3.8) is 0 Å². The van der Waals surface area contributed by atoms with E-state index in [4.69, 9.17) is 21.0 Å². The van der Waals surface area contributed by atoms with Crippen molar-refractivity contribution < 1.29 is 24.2 Å². The summed E-state index contributed by atoms with van der Waals surface area (Å²) in [5.74, 6) is 1.86. The first-order valence-electron chi connectivity index (χ1n) is 5.95. The summed E-state index contributed by atoms with van der Waals surface area (Å²) in [6, 6.07) is 4.97. The number of hydrogen-bond acceptors (Lipinski definition) is 4. The molecule has 0 spiro atoms. The van der Waals surface area contributed by atoms with Gasteiger partial charge in [-0.05, 0) is 11.6 Å². The van der Waals surface area contributed by atoms with Crippen LogP contribution in [-0.4, -0.2) is 36.2 Å². The Morgan fingerprint density at radius 3 is 3.05 bits per heavy atom. The third-order valence-corrected chi connectivity index (χ3v) is 2.75. The summed E-state index contributed by atoms with van der Waals surface area (Å²) in [6.45, 7) is -0.0153. The predicted octanol–water partition coefficient (Wildman–Crippen LogP) is 0.203. The number of aliphatic carboxylic acids is 1. The van der Waals surface area contributed by atoms with Crippen LogP contribution in [0.15, 0.2) is 18.2 Å². The minimum absolute atomic E-state index is 0.149. The molecule has 1 aromatic rings. The van der Waals surface area contributed by atoms with E-state index in [-0.39, 0.29) is 19.1 Å². The second kappa shape index (κ2) is 5.97. The lowest BCUT2D eigenvalue weighted by atomic mass is 10.1. The number of carbonyl (C=O) groups excluding carboxylic acids is 1. The highest BCUT2D eigenvalue weighted by molar-refractivity contribution is 5.77. The number of benzene rings is 1. The number of rotatable bonds is 5. The van der Waals surface area contributed by atoms with Crippen molar-refractivity contribution in [2.24, 2.45) is 0 Å². The topological polar surface area (TPSA) is 84.9 Å². The van der Waals surface area contributed by atoms with E-state index < -0.39 is 12.1 Å². The number of carboxylic acids is 1. The summed E-state index contributed by atoms with van der Waals surface area (Å²) in [5, 5.41) is 11.4. The van der Waals surface area contributed by atoms with Crippen LogP contribution in [0.2, 0.25) is 0 Å². The number of amides is 1. The van der Waals surface area contributed by atoms with Gasteiger partial charge in [0.05, 0.1) is 6.54 Å². The molecule has 0 fully saturated rings. The Balaban J connectivity index is 1.93. The first-order chi connectivity index (χ1) is 9.60. The average Bonchev–Trinajstić information content (AvgIpc) is 2.86. The Morgan fingerprint density at radius 1 is 1.55 bits per heavy atom. The third-order valence-electron chi connectivity index (χ3n) is 2.75. The van der Waals surface area contributed by atoms with Crippen molar-refractivity contribution in [1.82, 2.24) is 5.32 Å². The van der Waals surface area contributed by atoms with Gasteiger partial charge in [-0.2, -0.15) is 0 Å². The molecule has 1 amide bonds. The zero-order valence-electron chi connectivity index (χ0n) is 10.6. The van der Waals surface area contributed by atoms with E-state index in [0.29, 0.717) is 17.9 Å². The van der Waals surface area contributed by atoms with E-state index in [1.54, 1.807) is 18.2 Å². The highest BCUT2D eigenvalue weighted by Gasteiger charge is 2.28. The molecule has 1 aliphatic rings. The molecule has 0 bridgehead atoms. The minimum Gasteiger partial charge on any atom is -0.484 e. The Bertz CT molecular complexity index is 575. The van der Waals surface area contributed by atoms with Crippen molar-refractivity contribution in [3.8, 4) is 23.8 Å².